The van der Waals surface area contributed by atoms with Crippen LogP contribution in [0, 0.1) is 5.92 Å². The van der Waals surface area contributed by atoms with Crippen LogP contribution in [0.5, 0.6) is 0 Å². The molecule has 1 aromatic carbocycles. The summed E-state index contributed by atoms with van der Waals surface area (Å²) in [5.74, 6) is 0.705. The Morgan fingerprint density at radius 1 is 1.30 bits per heavy atom. The van der Waals surface area contributed by atoms with Gasteiger partial charge in [0.15, 0.2) is 0 Å². The van der Waals surface area contributed by atoms with Crippen LogP contribution in [0.25, 0.3) is 0 Å². The number of amides is 1. The molecule has 2 N–H and O–H groups in total. The zero-order chi connectivity index (χ0) is 16.2. The quantitative estimate of drug-likeness (QED) is 0.812. The second-order valence-corrected chi connectivity index (χ2v) is 7.14. The van der Waals surface area contributed by atoms with Gasteiger partial charge in [0.05, 0.1) is 18.7 Å². The Hall–Kier alpha value is -1.39. The molecule has 0 spiro atoms. The predicted molar refractivity (Wildman–Crippen MR) is 90.9 cm³/mol. The molecule has 126 valence electrons. The van der Waals surface area contributed by atoms with Crippen molar-refractivity contribution in [2.45, 2.75) is 57.2 Å². The third-order valence-electron chi connectivity index (χ3n) is 5.03. The zero-order valence-corrected chi connectivity index (χ0v) is 13.9. The third kappa shape index (κ3) is 4.55. The van der Waals surface area contributed by atoms with E-state index >= 15 is 0 Å². The van der Waals surface area contributed by atoms with E-state index in [0.29, 0.717) is 18.5 Å². The zero-order valence-electron chi connectivity index (χ0n) is 13.9. The molecular formula is C19H28N2O2. The van der Waals surface area contributed by atoms with Gasteiger partial charge in [0, 0.05) is 6.04 Å². The van der Waals surface area contributed by atoms with Crippen LogP contribution in [-0.2, 0) is 4.79 Å². The van der Waals surface area contributed by atoms with Gasteiger partial charge >= 0.3 is 0 Å². The summed E-state index contributed by atoms with van der Waals surface area (Å²) in [6.45, 7) is 3.24. The lowest BCUT2D eigenvalue weighted by atomic mass is 10.0. The van der Waals surface area contributed by atoms with Crippen molar-refractivity contribution in [1.82, 2.24) is 10.2 Å². The van der Waals surface area contributed by atoms with Gasteiger partial charge in [-0.25, -0.2) is 0 Å². The van der Waals surface area contributed by atoms with Crippen LogP contribution in [0.15, 0.2) is 30.3 Å². The van der Waals surface area contributed by atoms with Crippen molar-refractivity contribution in [2.24, 2.45) is 5.92 Å². The molecular weight excluding hydrogens is 288 g/mol. The highest BCUT2D eigenvalue weighted by Crippen LogP contribution is 2.40. The standard InChI is InChI=1S/C19H28N2O2/c1-14(22)12-17-8-5-11-21(17)13-18(23)20-19(16-9-10-16)15-6-3-2-4-7-15/h2-4,6-7,14,16-17,19,22H,5,8-13H2,1H3,(H,20,23). The molecule has 2 fully saturated rings. The Kier molecular flexibility index (Phi) is 5.34. The second kappa shape index (κ2) is 7.45. The number of hydrogen-bond donors (Lipinski definition) is 2. The molecule has 3 unspecified atom stereocenters. The number of carbonyl (C=O) groups excluding carboxylic acids is 1. The third-order valence-corrected chi connectivity index (χ3v) is 5.03. The van der Waals surface area contributed by atoms with Crippen LogP contribution in [-0.4, -0.2) is 41.1 Å². The first-order chi connectivity index (χ1) is 11.1. The minimum Gasteiger partial charge on any atom is -0.393 e. The van der Waals surface area contributed by atoms with Crippen molar-refractivity contribution in [3.63, 3.8) is 0 Å². The van der Waals surface area contributed by atoms with E-state index < -0.39 is 0 Å². The van der Waals surface area contributed by atoms with E-state index in [2.05, 4.69) is 22.3 Å². The van der Waals surface area contributed by atoms with Crippen LogP contribution in [0.2, 0.25) is 0 Å². The monoisotopic (exact) mass is 316 g/mol. The molecule has 23 heavy (non-hydrogen) atoms. The van der Waals surface area contributed by atoms with E-state index in [4.69, 9.17) is 0 Å². The maximum atomic E-state index is 12.5. The molecule has 1 heterocycles. The maximum absolute atomic E-state index is 12.5. The Labute approximate surface area is 138 Å². The van der Waals surface area contributed by atoms with Crippen molar-refractivity contribution < 1.29 is 9.90 Å². The highest BCUT2D eigenvalue weighted by Gasteiger charge is 2.34. The Morgan fingerprint density at radius 3 is 2.70 bits per heavy atom. The lowest BCUT2D eigenvalue weighted by molar-refractivity contribution is -0.123. The number of rotatable bonds is 7. The Morgan fingerprint density at radius 2 is 2.04 bits per heavy atom. The molecule has 0 bridgehead atoms. The van der Waals surface area contributed by atoms with E-state index in [1.54, 1.807) is 0 Å². The normalized spacial score (nSPS) is 24.3. The van der Waals surface area contributed by atoms with Crippen LogP contribution in [0.4, 0.5) is 0 Å². The van der Waals surface area contributed by atoms with Gasteiger partial charge in [-0.1, -0.05) is 30.3 Å². The van der Waals surface area contributed by atoms with Crippen molar-refractivity contribution in [3.8, 4) is 0 Å². The van der Waals surface area contributed by atoms with Crippen LogP contribution in [0.1, 0.15) is 50.6 Å². The highest BCUT2D eigenvalue weighted by atomic mass is 16.3. The predicted octanol–water partition coefficient (Wildman–Crippen LogP) is 2.49. The van der Waals surface area contributed by atoms with Crippen molar-refractivity contribution in [1.29, 1.82) is 0 Å². The first kappa shape index (κ1) is 16.5. The average molecular weight is 316 g/mol. The molecule has 1 aliphatic carbocycles. The van der Waals surface area contributed by atoms with E-state index in [1.807, 2.05) is 25.1 Å². The van der Waals surface area contributed by atoms with Gasteiger partial charge in [0.2, 0.25) is 5.91 Å². The van der Waals surface area contributed by atoms with Gasteiger partial charge < -0.3 is 10.4 Å². The topological polar surface area (TPSA) is 52.6 Å². The smallest absolute Gasteiger partial charge is 0.234 e. The Balaban J connectivity index is 1.57. The number of hydrogen-bond acceptors (Lipinski definition) is 3. The van der Waals surface area contributed by atoms with Crippen molar-refractivity contribution >= 4 is 5.91 Å². The van der Waals surface area contributed by atoms with E-state index in [1.165, 1.54) is 18.4 Å². The number of nitrogens with zero attached hydrogens (tertiary/aromatic N) is 1. The molecule has 1 saturated carbocycles. The Bertz CT molecular complexity index is 513. The molecule has 0 radical (unpaired) electrons. The molecule has 3 rings (SSSR count). The summed E-state index contributed by atoms with van der Waals surface area (Å²) in [5.41, 5.74) is 1.21. The van der Waals surface area contributed by atoms with Gasteiger partial charge in [-0.15, -0.1) is 0 Å². The number of aliphatic hydroxyl groups excluding tert-OH is 1. The first-order valence-electron chi connectivity index (χ1n) is 8.90. The summed E-state index contributed by atoms with van der Waals surface area (Å²) in [6, 6.07) is 10.8. The van der Waals surface area contributed by atoms with Crippen LogP contribution in [0.3, 0.4) is 0 Å². The summed E-state index contributed by atoms with van der Waals surface area (Å²) in [6.07, 6.45) is 5.07. The highest BCUT2D eigenvalue weighted by molar-refractivity contribution is 5.78. The van der Waals surface area contributed by atoms with Gasteiger partial charge in [-0.05, 0) is 57.1 Å². The van der Waals surface area contributed by atoms with Gasteiger partial charge in [0.1, 0.15) is 0 Å². The van der Waals surface area contributed by atoms with Gasteiger partial charge in [0.25, 0.3) is 0 Å². The summed E-state index contributed by atoms with van der Waals surface area (Å²) < 4.78 is 0. The van der Waals surface area contributed by atoms with Crippen molar-refractivity contribution in [3.05, 3.63) is 35.9 Å². The molecule has 3 atom stereocenters. The fourth-order valence-electron chi connectivity index (χ4n) is 3.73. The molecule has 2 aliphatic rings. The first-order valence-corrected chi connectivity index (χ1v) is 8.90. The fourth-order valence-corrected chi connectivity index (χ4v) is 3.73. The minimum atomic E-state index is -0.299. The lowest BCUT2D eigenvalue weighted by Crippen LogP contribution is -2.42. The van der Waals surface area contributed by atoms with Crippen molar-refractivity contribution in [2.75, 3.05) is 13.1 Å². The lowest BCUT2D eigenvalue weighted by Gasteiger charge is -2.26. The summed E-state index contributed by atoms with van der Waals surface area (Å²) in [4.78, 5) is 14.8. The number of carbonyl (C=O) groups is 1. The summed E-state index contributed by atoms with van der Waals surface area (Å²) in [7, 11) is 0. The van der Waals surface area contributed by atoms with Gasteiger partial charge in [-0.3, -0.25) is 9.69 Å². The SMILES string of the molecule is CC(O)CC1CCCN1CC(=O)NC(c1ccccc1)C1CC1. The molecule has 1 amide bonds. The number of benzene rings is 1. The molecule has 4 nitrogen and oxygen atoms in total. The van der Waals surface area contributed by atoms with E-state index in [9.17, 15) is 9.90 Å². The molecule has 4 heteroatoms. The second-order valence-electron chi connectivity index (χ2n) is 7.14. The average Bonchev–Trinajstić information content (AvgIpc) is 3.28. The number of aliphatic hydroxyl groups is 1. The largest absolute Gasteiger partial charge is 0.393 e. The minimum absolute atomic E-state index is 0.114. The van der Waals surface area contributed by atoms with E-state index in [-0.39, 0.29) is 18.1 Å². The van der Waals surface area contributed by atoms with Crippen LogP contribution < -0.4 is 5.32 Å². The van der Waals surface area contributed by atoms with E-state index in [0.717, 1.165) is 25.8 Å². The molecule has 1 aromatic rings. The van der Waals surface area contributed by atoms with Gasteiger partial charge in [-0.2, -0.15) is 0 Å². The molecule has 1 saturated heterocycles. The molecule has 1 aliphatic heterocycles. The number of likely N-dealkylation sites (tertiary alicyclic amines) is 1. The summed E-state index contributed by atoms with van der Waals surface area (Å²) >= 11 is 0. The van der Waals surface area contributed by atoms with Crippen LogP contribution >= 0.6 is 0 Å². The fraction of sp³-hybridized carbons (Fsp3) is 0.632. The number of nitrogens with one attached hydrogen (secondary N) is 1. The molecule has 0 aromatic heterocycles. The summed E-state index contributed by atoms with van der Waals surface area (Å²) in [5, 5.41) is 12.9. The maximum Gasteiger partial charge on any atom is 0.234 e.